The Labute approximate surface area is 100 Å². The van der Waals surface area contributed by atoms with Crippen LogP contribution in [-0.2, 0) is 5.60 Å². The van der Waals surface area contributed by atoms with E-state index in [0.29, 0.717) is 11.6 Å². The van der Waals surface area contributed by atoms with Crippen molar-refractivity contribution >= 4 is 17.6 Å². The molecule has 0 bridgehead atoms. The fraction of sp³-hybridized carbons (Fsp3) is 0.583. The van der Waals surface area contributed by atoms with Crippen LogP contribution in [0.1, 0.15) is 25.8 Å². The van der Waals surface area contributed by atoms with E-state index in [1.807, 2.05) is 12.1 Å². The zero-order valence-corrected chi connectivity index (χ0v) is 10.5. The molecule has 1 aliphatic heterocycles. The molecule has 1 aliphatic rings. The highest BCUT2D eigenvalue weighted by Gasteiger charge is 2.41. The van der Waals surface area contributed by atoms with E-state index in [4.69, 9.17) is 5.73 Å². The first kappa shape index (κ1) is 11.7. The standard InChI is InChI=1S/C12H18N2OS/c1-11(2)6-12(15,8-16-7-11)9-4-3-5-14-10(9)13/h3-5,15H,6-8H2,1-2H3,(H2,13,14). The summed E-state index contributed by atoms with van der Waals surface area (Å²) < 4.78 is 0. The lowest BCUT2D eigenvalue weighted by Gasteiger charge is -2.41. The third kappa shape index (κ3) is 2.18. The maximum absolute atomic E-state index is 10.7. The summed E-state index contributed by atoms with van der Waals surface area (Å²) in [5.41, 5.74) is 5.93. The second-order valence-electron chi connectivity index (χ2n) is 5.30. The lowest BCUT2D eigenvalue weighted by atomic mass is 9.78. The van der Waals surface area contributed by atoms with Gasteiger partial charge in [-0.15, -0.1) is 0 Å². The molecule has 0 amide bonds. The van der Waals surface area contributed by atoms with Gasteiger partial charge in [-0.3, -0.25) is 0 Å². The number of nitrogens with two attached hydrogens (primary N) is 1. The normalized spacial score (nSPS) is 28.9. The summed E-state index contributed by atoms with van der Waals surface area (Å²) in [6.07, 6.45) is 2.40. The Morgan fingerprint density at radius 3 is 2.81 bits per heavy atom. The maximum atomic E-state index is 10.7. The van der Waals surface area contributed by atoms with Gasteiger partial charge < -0.3 is 10.8 Å². The number of anilines is 1. The Morgan fingerprint density at radius 1 is 1.44 bits per heavy atom. The third-order valence-electron chi connectivity index (χ3n) is 2.94. The van der Waals surface area contributed by atoms with Crippen LogP contribution in [0, 0.1) is 5.41 Å². The van der Waals surface area contributed by atoms with Gasteiger partial charge in [-0.1, -0.05) is 19.9 Å². The number of pyridine rings is 1. The molecule has 3 nitrogen and oxygen atoms in total. The van der Waals surface area contributed by atoms with Gasteiger partial charge in [0.2, 0.25) is 0 Å². The molecular weight excluding hydrogens is 220 g/mol. The van der Waals surface area contributed by atoms with E-state index in [0.717, 1.165) is 17.7 Å². The zero-order chi connectivity index (χ0) is 11.8. The van der Waals surface area contributed by atoms with Gasteiger partial charge in [-0.05, 0) is 23.7 Å². The molecule has 1 saturated heterocycles. The van der Waals surface area contributed by atoms with Crippen LogP contribution < -0.4 is 5.73 Å². The summed E-state index contributed by atoms with van der Waals surface area (Å²) in [5.74, 6) is 2.23. The lowest BCUT2D eigenvalue weighted by molar-refractivity contribution is 0.0161. The predicted octanol–water partition coefficient (Wildman–Crippen LogP) is 2.01. The van der Waals surface area contributed by atoms with Crippen molar-refractivity contribution in [3.63, 3.8) is 0 Å². The number of aliphatic hydroxyl groups is 1. The lowest BCUT2D eigenvalue weighted by Crippen LogP contribution is -2.40. The molecule has 0 saturated carbocycles. The van der Waals surface area contributed by atoms with Gasteiger partial charge in [0.05, 0.1) is 0 Å². The minimum absolute atomic E-state index is 0.139. The van der Waals surface area contributed by atoms with Crippen molar-refractivity contribution in [2.45, 2.75) is 25.9 Å². The Kier molecular flexibility index (Phi) is 2.88. The van der Waals surface area contributed by atoms with Crippen LogP contribution in [0.2, 0.25) is 0 Å². The molecule has 0 spiro atoms. The quantitative estimate of drug-likeness (QED) is 0.786. The number of nitrogen functional groups attached to an aromatic ring is 1. The van der Waals surface area contributed by atoms with E-state index in [9.17, 15) is 5.11 Å². The molecular formula is C12H18N2OS. The highest BCUT2D eigenvalue weighted by Crippen LogP contribution is 2.45. The van der Waals surface area contributed by atoms with Crippen LogP contribution in [0.4, 0.5) is 5.82 Å². The molecule has 1 aromatic heterocycles. The second kappa shape index (κ2) is 3.93. The van der Waals surface area contributed by atoms with Crippen LogP contribution in [0.3, 0.4) is 0 Å². The molecule has 1 unspecified atom stereocenters. The Bertz CT molecular complexity index is 394. The fourth-order valence-electron chi connectivity index (χ4n) is 2.37. The Hall–Kier alpha value is -0.740. The zero-order valence-electron chi connectivity index (χ0n) is 9.73. The van der Waals surface area contributed by atoms with Gasteiger partial charge in [0, 0.05) is 17.5 Å². The number of hydrogen-bond donors (Lipinski definition) is 2. The van der Waals surface area contributed by atoms with E-state index in [2.05, 4.69) is 18.8 Å². The summed E-state index contributed by atoms with van der Waals surface area (Å²) in [6, 6.07) is 3.71. The van der Waals surface area contributed by atoms with E-state index in [1.165, 1.54) is 0 Å². The van der Waals surface area contributed by atoms with Crippen molar-refractivity contribution in [3.05, 3.63) is 23.9 Å². The average Bonchev–Trinajstić information content (AvgIpc) is 2.16. The van der Waals surface area contributed by atoms with Gasteiger partial charge in [-0.2, -0.15) is 11.8 Å². The number of nitrogens with zero attached hydrogens (tertiary/aromatic N) is 1. The summed E-state index contributed by atoms with van der Waals surface area (Å²) in [7, 11) is 0. The van der Waals surface area contributed by atoms with E-state index in [1.54, 1.807) is 18.0 Å². The summed E-state index contributed by atoms with van der Waals surface area (Å²) in [4.78, 5) is 4.06. The topological polar surface area (TPSA) is 59.1 Å². The van der Waals surface area contributed by atoms with Crippen LogP contribution >= 0.6 is 11.8 Å². The van der Waals surface area contributed by atoms with Crippen LogP contribution in [0.5, 0.6) is 0 Å². The van der Waals surface area contributed by atoms with Crippen molar-refractivity contribution in [3.8, 4) is 0 Å². The number of aromatic nitrogens is 1. The van der Waals surface area contributed by atoms with Gasteiger partial charge in [-0.25, -0.2) is 4.98 Å². The molecule has 0 aromatic carbocycles. The highest BCUT2D eigenvalue weighted by molar-refractivity contribution is 7.99. The summed E-state index contributed by atoms with van der Waals surface area (Å²) >= 11 is 1.78. The highest BCUT2D eigenvalue weighted by atomic mass is 32.2. The number of thioether (sulfide) groups is 1. The molecule has 1 fully saturated rings. The molecule has 0 aliphatic carbocycles. The van der Waals surface area contributed by atoms with Crippen LogP contribution in [0.25, 0.3) is 0 Å². The molecule has 1 aromatic rings. The van der Waals surface area contributed by atoms with Crippen molar-refractivity contribution in [1.82, 2.24) is 4.98 Å². The predicted molar refractivity (Wildman–Crippen MR) is 68.3 cm³/mol. The molecule has 1 atom stereocenters. The van der Waals surface area contributed by atoms with Gasteiger partial charge in [0.25, 0.3) is 0 Å². The fourth-order valence-corrected chi connectivity index (χ4v) is 3.73. The van der Waals surface area contributed by atoms with Crippen LogP contribution in [0.15, 0.2) is 18.3 Å². The minimum Gasteiger partial charge on any atom is -0.384 e. The molecule has 2 heterocycles. The van der Waals surface area contributed by atoms with E-state index < -0.39 is 5.60 Å². The first-order chi connectivity index (χ1) is 7.43. The SMILES string of the molecule is CC1(C)CSCC(O)(c2cccnc2N)C1. The number of hydrogen-bond acceptors (Lipinski definition) is 4. The molecule has 16 heavy (non-hydrogen) atoms. The minimum atomic E-state index is -0.829. The molecule has 88 valence electrons. The molecule has 0 radical (unpaired) electrons. The van der Waals surface area contributed by atoms with Gasteiger partial charge >= 0.3 is 0 Å². The first-order valence-corrected chi connectivity index (χ1v) is 6.60. The third-order valence-corrected chi connectivity index (χ3v) is 4.61. The summed E-state index contributed by atoms with van der Waals surface area (Å²) in [6.45, 7) is 4.35. The molecule has 3 N–H and O–H groups in total. The average molecular weight is 238 g/mol. The van der Waals surface area contributed by atoms with Gasteiger partial charge in [0.1, 0.15) is 11.4 Å². The molecule has 4 heteroatoms. The Balaban J connectivity index is 2.35. The second-order valence-corrected chi connectivity index (χ2v) is 6.29. The van der Waals surface area contributed by atoms with E-state index in [-0.39, 0.29) is 5.41 Å². The monoisotopic (exact) mass is 238 g/mol. The molecule has 2 rings (SSSR count). The first-order valence-electron chi connectivity index (χ1n) is 5.44. The number of rotatable bonds is 1. The van der Waals surface area contributed by atoms with Crippen molar-refractivity contribution in [2.75, 3.05) is 17.2 Å². The van der Waals surface area contributed by atoms with Crippen molar-refractivity contribution in [1.29, 1.82) is 0 Å². The van der Waals surface area contributed by atoms with Crippen LogP contribution in [-0.4, -0.2) is 21.6 Å². The van der Waals surface area contributed by atoms with Crippen molar-refractivity contribution < 1.29 is 5.11 Å². The van der Waals surface area contributed by atoms with Crippen molar-refractivity contribution in [2.24, 2.45) is 5.41 Å². The van der Waals surface area contributed by atoms with Gasteiger partial charge in [0.15, 0.2) is 0 Å². The largest absolute Gasteiger partial charge is 0.384 e. The maximum Gasteiger partial charge on any atom is 0.129 e. The smallest absolute Gasteiger partial charge is 0.129 e. The Morgan fingerprint density at radius 2 is 2.19 bits per heavy atom. The summed E-state index contributed by atoms with van der Waals surface area (Å²) in [5, 5.41) is 10.7. The van der Waals surface area contributed by atoms with E-state index >= 15 is 0 Å².